The number of thioether (sulfide) groups is 1. The van der Waals surface area contributed by atoms with Gasteiger partial charge >= 0.3 is 0 Å². The van der Waals surface area contributed by atoms with Crippen LogP contribution in [0.5, 0.6) is 0 Å². The van der Waals surface area contributed by atoms with Crippen LogP contribution in [0.25, 0.3) is 11.0 Å². The summed E-state index contributed by atoms with van der Waals surface area (Å²) in [5, 5.41) is 3.12. The molecule has 1 aromatic heterocycles. The van der Waals surface area contributed by atoms with Crippen LogP contribution in [-0.4, -0.2) is 44.5 Å². The molecular formula is C14H16N4OS. The van der Waals surface area contributed by atoms with Crippen molar-refractivity contribution in [2.75, 3.05) is 18.1 Å². The van der Waals surface area contributed by atoms with Crippen molar-refractivity contribution in [3.05, 3.63) is 30.1 Å². The lowest BCUT2D eigenvalue weighted by atomic mass is 10.1. The van der Waals surface area contributed by atoms with Crippen LogP contribution in [0.2, 0.25) is 0 Å². The van der Waals surface area contributed by atoms with Gasteiger partial charge in [0.05, 0.1) is 17.4 Å². The van der Waals surface area contributed by atoms with Crippen molar-refractivity contribution in [1.29, 1.82) is 0 Å². The highest BCUT2D eigenvalue weighted by atomic mass is 32.2. The third-order valence-corrected chi connectivity index (χ3v) is 5.17. The fraction of sp³-hybridized carbons (Fsp3) is 0.429. The molecule has 0 bridgehead atoms. The third-order valence-electron chi connectivity index (χ3n) is 4.15. The van der Waals surface area contributed by atoms with Crippen molar-refractivity contribution in [2.24, 2.45) is 7.05 Å². The summed E-state index contributed by atoms with van der Waals surface area (Å²) in [6, 6.07) is 6.29. The minimum absolute atomic E-state index is 0.000180. The number of rotatable bonds is 1. The minimum Gasteiger partial charge on any atom is -0.335 e. The molecule has 2 unspecified atom stereocenters. The molecule has 5 nitrogen and oxygen atoms in total. The maximum absolute atomic E-state index is 12.1. The van der Waals surface area contributed by atoms with E-state index in [0.717, 1.165) is 34.6 Å². The van der Waals surface area contributed by atoms with Gasteiger partial charge in [0.25, 0.3) is 0 Å². The zero-order valence-electron chi connectivity index (χ0n) is 11.2. The van der Waals surface area contributed by atoms with Gasteiger partial charge in [0.2, 0.25) is 5.91 Å². The highest BCUT2D eigenvalue weighted by molar-refractivity contribution is 7.99. The molecule has 104 valence electrons. The van der Waals surface area contributed by atoms with Crippen molar-refractivity contribution in [2.45, 2.75) is 12.2 Å². The second-order valence-corrected chi connectivity index (χ2v) is 6.49. The monoisotopic (exact) mass is 288 g/mol. The normalized spacial score (nSPS) is 26.8. The molecule has 0 radical (unpaired) electrons. The molecule has 20 heavy (non-hydrogen) atoms. The number of fused-ring (bicyclic) bond motifs is 2. The molecule has 1 amide bonds. The summed E-state index contributed by atoms with van der Waals surface area (Å²) in [5.74, 6) is 2.14. The predicted octanol–water partition coefficient (Wildman–Crippen LogP) is 1.12. The minimum atomic E-state index is -0.000180. The van der Waals surface area contributed by atoms with E-state index in [0.29, 0.717) is 0 Å². The first-order valence-electron chi connectivity index (χ1n) is 6.79. The van der Waals surface area contributed by atoms with Crippen LogP contribution in [0.15, 0.2) is 24.5 Å². The summed E-state index contributed by atoms with van der Waals surface area (Å²) in [5.41, 5.74) is 3.22. The largest absolute Gasteiger partial charge is 0.335 e. The molecule has 2 atom stereocenters. The van der Waals surface area contributed by atoms with Gasteiger partial charge in [-0.3, -0.25) is 9.69 Å². The quantitative estimate of drug-likeness (QED) is 0.854. The number of imidazole rings is 1. The van der Waals surface area contributed by atoms with Gasteiger partial charge in [0, 0.05) is 25.1 Å². The Morgan fingerprint density at radius 1 is 1.45 bits per heavy atom. The highest BCUT2D eigenvalue weighted by Crippen LogP contribution is 2.32. The maximum atomic E-state index is 12.1. The van der Waals surface area contributed by atoms with E-state index in [9.17, 15) is 4.79 Å². The number of hydrogen-bond donors (Lipinski definition) is 1. The summed E-state index contributed by atoms with van der Waals surface area (Å²) < 4.78 is 2.01. The molecule has 0 spiro atoms. The first-order chi connectivity index (χ1) is 9.74. The molecule has 2 aliphatic heterocycles. The van der Waals surface area contributed by atoms with Crippen molar-refractivity contribution in [3.8, 4) is 0 Å². The van der Waals surface area contributed by atoms with Gasteiger partial charge in [-0.1, -0.05) is 6.07 Å². The van der Waals surface area contributed by atoms with Gasteiger partial charge in [-0.25, -0.2) is 4.98 Å². The third kappa shape index (κ3) is 1.75. The summed E-state index contributed by atoms with van der Waals surface area (Å²) in [7, 11) is 1.99. The maximum Gasteiger partial charge on any atom is 0.239 e. The fourth-order valence-corrected chi connectivity index (χ4v) is 4.14. The molecule has 0 aliphatic carbocycles. The lowest BCUT2D eigenvalue weighted by molar-refractivity contribution is -0.121. The van der Waals surface area contributed by atoms with E-state index in [1.807, 2.05) is 29.7 Å². The average Bonchev–Trinajstić information content (AvgIpc) is 3.01. The molecule has 1 N–H and O–H groups in total. The summed E-state index contributed by atoms with van der Waals surface area (Å²) in [6.07, 6.45) is 1.82. The van der Waals surface area contributed by atoms with Crippen molar-refractivity contribution < 1.29 is 4.79 Å². The molecule has 4 rings (SSSR count). The number of carbonyl (C=O) groups is 1. The number of nitrogens with one attached hydrogen (secondary N) is 1. The van der Waals surface area contributed by atoms with Crippen LogP contribution in [0.4, 0.5) is 0 Å². The Labute approximate surface area is 121 Å². The van der Waals surface area contributed by atoms with E-state index in [1.54, 1.807) is 0 Å². The first-order valence-corrected chi connectivity index (χ1v) is 7.94. The molecule has 0 saturated carbocycles. The van der Waals surface area contributed by atoms with Crippen LogP contribution < -0.4 is 5.32 Å². The zero-order chi connectivity index (χ0) is 13.7. The standard InChI is InChI=1S/C14H16N4OS/c1-17-8-15-10-6-9(2-3-11(10)17)13-16-14(19)12-7-20-5-4-18(12)13/h2-3,6,8,12-13H,4-5,7H2,1H3,(H,16,19). The Morgan fingerprint density at radius 3 is 3.25 bits per heavy atom. The van der Waals surface area contributed by atoms with E-state index < -0.39 is 0 Å². The lowest BCUT2D eigenvalue weighted by Gasteiger charge is -2.31. The Morgan fingerprint density at radius 2 is 2.35 bits per heavy atom. The van der Waals surface area contributed by atoms with Crippen LogP contribution in [0, 0.1) is 0 Å². The highest BCUT2D eigenvalue weighted by Gasteiger charge is 2.41. The lowest BCUT2D eigenvalue weighted by Crippen LogP contribution is -2.41. The van der Waals surface area contributed by atoms with E-state index in [4.69, 9.17) is 0 Å². The van der Waals surface area contributed by atoms with Crippen LogP contribution in [0.3, 0.4) is 0 Å². The summed E-state index contributed by atoms with van der Waals surface area (Å²) in [4.78, 5) is 18.8. The Kier molecular flexibility index (Phi) is 2.75. The van der Waals surface area contributed by atoms with E-state index in [-0.39, 0.29) is 18.1 Å². The molecule has 3 heterocycles. The molecular weight excluding hydrogens is 272 g/mol. The second-order valence-electron chi connectivity index (χ2n) is 5.34. The van der Waals surface area contributed by atoms with Gasteiger partial charge in [-0.05, 0) is 17.7 Å². The van der Waals surface area contributed by atoms with Crippen LogP contribution in [-0.2, 0) is 11.8 Å². The van der Waals surface area contributed by atoms with Crippen molar-refractivity contribution in [1.82, 2.24) is 19.8 Å². The van der Waals surface area contributed by atoms with Gasteiger partial charge in [0.1, 0.15) is 12.2 Å². The summed E-state index contributed by atoms with van der Waals surface area (Å²) in [6.45, 7) is 0.957. The summed E-state index contributed by atoms with van der Waals surface area (Å²) >= 11 is 1.86. The predicted molar refractivity (Wildman–Crippen MR) is 79.4 cm³/mol. The molecule has 2 saturated heterocycles. The van der Waals surface area contributed by atoms with Crippen LogP contribution >= 0.6 is 11.8 Å². The fourth-order valence-electron chi connectivity index (χ4n) is 3.06. The van der Waals surface area contributed by atoms with Gasteiger partial charge in [-0.15, -0.1) is 0 Å². The molecule has 2 fully saturated rings. The number of carbonyl (C=O) groups excluding carboxylic acids is 1. The number of benzene rings is 1. The van der Waals surface area contributed by atoms with Gasteiger partial charge in [0.15, 0.2) is 0 Å². The van der Waals surface area contributed by atoms with Crippen LogP contribution in [0.1, 0.15) is 11.7 Å². The van der Waals surface area contributed by atoms with Crippen molar-refractivity contribution >= 4 is 28.7 Å². The molecule has 6 heteroatoms. The van der Waals surface area contributed by atoms with Gasteiger partial charge in [-0.2, -0.15) is 11.8 Å². The number of nitrogens with zero attached hydrogens (tertiary/aromatic N) is 3. The van der Waals surface area contributed by atoms with Gasteiger partial charge < -0.3 is 9.88 Å². The number of aromatic nitrogens is 2. The molecule has 1 aromatic carbocycles. The zero-order valence-corrected chi connectivity index (χ0v) is 12.1. The van der Waals surface area contributed by atoms with E-state index in [2.05, 4.69) is 33.4 Å². The number of aryl methyl sites for hydroxylation is 1. The molecule has 2 aromatic rings. The van der Waals surface area contributed by atoms with E-state index >= 15 is 0 Å². The smallest absolute Gasteiger partial charge is 0.239 e. The Hall–Kier alpha value is -1.53. The molecule has 2 aliphatic rings. The van der Waals surface area contributed by atoms with Crippen molar-refractivity contribution in [3.63, 3.8) is 0 Å². The van der Waals surface area contributed by atoms with E-state index in [1.165, 1.54) is 0 Å². The average molecular weight is 288 g/mol. The SMILES string of the molecule is Cn1cnc2cc(C3NC(=O)C4CSCCN43)ccc21. The number of hydrogen-bond acceptors (Lipinski definition) is 4. The topological polar surface area (TPSA) is 50.2 Å². The Bertz CT molecular complexity index is 683. The second kappa shape index (κ2) is 4.49. The number of amides is 1. The Balaban J connectivity index is 1.73. The first kappa shape index (κ1) is 12.2.